The molecule has 1 aliphatic rings. The maximum absolute atomic E-state index is 12.8. The normalized spacial score (nSPS) is 15.7. The van der Waals surface area contributed by atoms with Crippen LogP contribution in [0.15, 0.2) is 48.5 Å². The fourth-order valence-electron chi connectivity index (χ4n) is 4.41. The minimum Gasteiger partial charge on any atom is -0.508 e. The second kappa shape index (κ2) is 9.09. The number of rotatable bonds is 7. The molecule has 0 aliphatic carbocycles. The predicted molar refractivity (Wildman–Crippen MR) is 118 cm³/mol. The van der Waals surface area contributed by atoms with Crippen LogP contribution in [0.3, 0.4) is 0 Å². The molecule has 0 unspecified atom stereocenters. The van der Waals surface area contributed by atoms with E-state index in [-0.39, 0.29) is 23.9 Å². The first-order valence-corrected chi connectivity index (χ1v) is 10.7. The number of ether oxygens (including phenoxy) is 1. The number of hydrogen-bond acceptors (Lipinski definition) is 5. The summed E-state index contributed by atoms with van der Waals surface area (Å²) >= 11 is 0. The maximum atomic E-state index is 12.8. The molecule has 0 aromatic heterocycles. The Bertz CT molecular complexity index is 791. The highest BCUT2D eigenvalue weighted by molar-refractivity contribution is 5.70. The molecule has 1 aliphatic heterocycles. The quantitative estimate of drug-likeness (QED) is 0.585. The maximum Gasteiger partial charge on any atom is 0.306 e. The summed E-state index contributed by atoms with van der Waals surface area (Å²) in [6.45, 7) is 8.04. The van der Waals surface area contributed by atoms with Gasteiger partial charge in [-0.3, -0.25) is 4.79 Å². The minimum absolute atomic E-state index is 0.192. The zero-order valence-corrected chi connectivity index (χ0v) is 18.1. The number of piperidine rings is 1. The first-order valence-electron chi connectivity index (χ1n) is 10.7. The summed E-state index contributed by atoms with van der Waals surface area (Å²) in [5, 5.41) is 22.7. The van der Waals surface area contributed by atoms with Gasteiger partial charge in [0.15, 0.2) is 0 Å². The lowest BCUT2D eigenvalue weighted by atomic mass is 9.73. The molecule has 0 atom stereocenters. The number of carbonyl (C=O) groups excluding carboxylic acids is 1. The predicted octanol–water partition coefficient (Wildman–Crippen LogP) is 4.51. The molecule has 1 heterocycles. The zero-order chi connectivity index (χ0) is 21.8. The van der Waals surface area contributed by atoms with E-state index in [1.54, 1.807) is 24.3 Å². The van der Waals surface area contributed by atoms with E-state index in [1.807, 2.05) is 38.1 Å². The molecule has 0 spiro atoms. The van der Waals surface area contributed by atoms with Crippen LogP contribution in [0.2, 0.25) is 0 Å². The van der Waals surface area contributed by atoms with Crippen LogP contribution in [0.25, 0.3) is 0 Å². The van der Waals surface area contributed by atoms with Crippen LogP contribution in [-0.4, -0.2) is 34.9 Å². The molecule has 0 radical (unpaired) electrons. The molecule has 3 rings (SSSR count). The summed E-state index contributed by atoms with van der Waals surface area (Å²) in [5.74, 6) is 0.579. The van der Waals surface area contributed by atoms with Gasteiger partial charge in [-0.05, 0) is 81.6 Å². The number of phenolic OH excluding ortho intramolecular Hbond substituents is 2. The Hall–Kier alpha value is -2.53. The van der Waals surface area contributed by atoms with Gasteiger partial charge in [0, 0.05) is 17.8 Å². The minimum atomic E-state index is -0.480. The van der Waals surface area contributed by atoms with Crippen LogP contribution >= 0.6 is 0 Å². The van der Waals surface area contributed by atoms with Crippen LogP contribution in [0.4, 0.5) is 0 Å². The number of carbonyl (C=O) groups is 1. The third-order valence-corrected chi connectivity index (χ3v) is 6.54. The van der Waals surface area contributed by atoms with Gasteiger partial charge in [-0.2, -0.15) is 0 Å². The molecule has 5 heteroatoms. The summed E-state index contributed by atoms with van der Waals surface area (Å²) in [6, 6.07) is 14.2. The monoisotopic (exact) mass is 411 g/mol. The molecule has 5 nitrogen and oxygen atoms in total. The second-order valence-corrected chi connectivity index (χ2v) is 9.03. The Morgan fingerprint density at radius 3 is 1.87 bits per heavy atom. The van der Waals surface area contributed by atoms with Crippen molar-refractivity contribution >= 4 is 5.97 Å². The highest BCUT2D eigenvalue weighted by Gasteiger charge is 2.35. The molecule has 2 aromatic rings. The highest BCUT2D eigenvalue weighted by atomic mass is 16.6. The van der Waals surface area contributed by atoms with Gasteiger partial charge in [0.25, 0.3) is 0 Å². The summed E-state index contributed by atoms with van der Waals surface area (Å²) in [7, 11) is 0. The average molecular weight is 412 g/mol. The second-order valence-electron chi connectivity index (χ2n) is 9.03. The lowest BCUT2D eigenvalue weighted by Gasteiger charge is -2.37. The van der Waals surface area contributed by atoms with E-state index in [0.717, 1.165) is 37.1 Å². The van der Waals surface area contributed by atoms with Crippen molar-refractivity contribution in [2.24, 2.45) is 5.92 Å². The molecular formula is C25H33NO4. The van der Waals surface area contributed by atoms with Gasteiger partial charge in [-0.1, -0.05) is 31.2 Å². The lowest BCUT2D eigenvalue weighted by molar-refractivity contribution is -0.163. The van der Waals surface area contributed by atoms with Crippen molar-refractivity contribution in [2.45, 2.75) is 57.5 Å². The van der Waals surface area contributed by atoms with E-state index >= 15 is 0 Å². The van der Waals surface area contributed by atoms with E-state index in [0.29, 0.717) is 12.3 Å². The summed E-state index contributed by atoms with van der Waals surface area (Å²) in [6.07, 6.45) is 2.87. The SMILES string of the molecule is CC(CCC(=O)OC(C)(C)C1CCNCC1)(c1ccc(O)cc1)c1ccc(O)cc1. The largest absolute Gasteiger partial charge is 0.508 e. The van der Waals surface area contributed by atoms with Crippen LogP contribution in [-0.2, 0) is 14.9 Å². The summed E-state index contributed by atoms with van der Waals surface area (Å²) in [4.78, 5) is 12.8. The fourth-order valence-corrected chi connectivity index (χ4v) is 4.41. The average Bonchev–Trinajstić information content (AvgIpc) is 2.73. The first kappa shape index (κ1) is 22.2. The Morgan fingerprint density at radius 1 is 0.933 bits per heavy atom. The molecule has 1 saturated heterocycles. The number of phenols is 2. The van der Waals surface area contributed by atoms with Crippen LogP contribution in [0.1, 0.15) is 57.6 Å². The number of nitrogens with one attached hydrogen (secondary N) is 1. The lowest BCUT2D eigenvalue weighted by Crippen LogP contribution is -2.43. The number of aromatic hydroxyl groups is 2. The van der Waals surface area contributed by atoms with Crippen LogP contribution < -0.4 is 5.32 Å². The molecule has 162 valence electrons. The molecule has 0 saturated carbocycles. The van der Waals surface area contributed by atoms with E-state index in [9.17, 15) is 15.0 Å². The molecule has 0 bridgehead atoms. The van der Waals surface area contributed by atoms with Crippen molar-refractivity contribution in [3.05, 3.63) is 59.7 Å². The van der Waals surface area contributed by atoms with Gasteiger partial charge < -0.3 is 20.3 Å². The highest BCUT2D eigenvalue weighted by Crippen LogP contribution is 2.38. The number of benzene rings is 2. The summed E-state index contributed by atoms with van der Waals surface area (Å²) in [5.41, 5.74) is 1.05. The third kappa shape index (κ3) is 5.14. The number of esters is 1. The number of hydrogen-bond donors (Lipinski definition) is 3. The van der Waals surface area contributed by atoms with Gasteiger partial charge in [0.2, 0.25) is 0 Å². The molecule has 1 fully saturated rings. The smallest absolute Gasteiger partial charge is 0.306 e. The van der Waals surface area contributed by atoms with Crippen molar-refractivity contribution in [3.63, 3.8) is 0 Å². The molecule has 0 amide bonds. The zero-order valence-electron chi connectivity index (χ0n) is 18.1. The van der Waals surface area contributed by atoms with Gasteiger partial charge in [-0.15, -0.1) is 0 Å². The van der Waals surface area contributed by atoms with E-state index in [4.69, 9.17) is 4.74 Å². The van der Waals surface area contributed by atoms with Crippen molar-refractivity contribution in [1.29, 1.82) is 0 Å². The van der Waals surface area contributed by atoms with E-state index in [2.05, 4.69) is 12.2 Å². The standard InChI is InChI=1S/C25H33NO4/c1-24(2,18-13-16-26-17-14-18)30-23(29)12-15-25(3,19-4-8-21(27)9-5-19)20-6-10-22(28)11-7-20/h4-11,18,26-28H,12-17H2,1-3H3. The van der Waals surface area contributed by atoms with Gasteiger partial charge in [0.1, 0.15) is 17.1 Å². The van der Waals surface area contributed by atoms with Crippen molar-refractivity contribution in [3.8, 4) is 11.5 Å². The topological polar surface area (TPSA) is 78.8 Å². The van der Waals surface area contributed by atoms with Crippen LogP contribution in [0, 0.1) is 5.92 Å². The van der Waals surface area contributed by atoms with Crippen molar-refractivity contribution in [2.75, 3.05) is 13.1 Å². The third-order valence-electron chi connectivity index (χ3n) is 6.54. The Kier molecular flexibility index (Phi) is 6.71. The Morgan fingerprint density at radius 2 is 1.40 bits per heavy atom. The molecule has 3 N–H and O–H groups in total. The fraction of sp³-hybridized carbons (Fsp3) is 0.480. The van der Waals surface area contributed by atoms with Crippen LogP contribution in [0.5, 0.6) is 11.5 Å². The van der Waals surface area contributed by atoms with Gasteiger partial charge in [0.05, 0.1) is 0 Å². The molecular weight excluding hydrogens is 378 g/mol. The van der Waals surface area contributed by atoms with E-state index in [1.165, 1.54) is 0 Å². The molecule has 30 heavy (non-hydrogen) atoms. The van der Waals surface area contributed by atoms with Gasteiger partial charge >= 0.3 is 5.97 Å². The molecule has 2 aromatic carbocycles. The first-order chi connectivity index (χ1) is 14.2. The van der Waals surface area contributed by atoms with Crippen molar-refractivity contribution < 1.29 is 19.7 Å². The Labute approximate surface area is 179 Å². The summed E-state index contributed by atoms with van der Waals surface area (Å²) < 4.78 is 5.94. The Balaban J connectivity index is 1.75. The van der Waals surface area contributed by atoms with E-state index < -0.39 is 11.0 Å². The van der Waals surface area contributed by atoms with Crippen molar-refractivity contribution in [1.82, 2.24) is 5.32 Å². The van der Waals surface area contributed by atoms with Gasteiger partial charge in [-0.25, -0.2) is 0 Å².